The summed E-state index contributed by atoms with van der Waals surface area (Å²) in [5.74, 6) is 0.413. The van der Waals surface area contributed by atoms with E-state index in [1.54, 1.807) is 19.1 Å². The van der Waals surface area contributed by atoms with Gasteiger partial charge in [-0.25, -0.2) is 0 Å². The van der Waals surface area contributed by atoms with Crippen molar-refractivity contribution < 1.29 is 9.53 Å². The molecule has 0 saturated carbocycles. The third-order valence-electron chi connectivity index (χ3n) is 3.85. The molecule has 4 heteroatoms. The van der Waals surface area contributed by atoms with Crippen LogP contribution in [0.4, 0.5) is 0 Å². The van der Waals surface area contributed by atoms with Crippen molar-refractivity contribution in [2.24, 2.45) is 0 Å². The van der Waals surface area contributed by atoms with E-state index in [4.69, 9.17) is 4.74 Å². The highest BCUT2D eigenvalue weighted by atomic mass is 16.5. The number of nitrogens with zero attached hydrogens (tertiary/aromatic N) is 2. The number of pyridine rings is 1. The lowest BCUT2D eigenvalue weighted by atomic mass is 10.1. The summed E-state index contributed by atoms with van der Waals surface area (Å²) >= 11 is 0. The minimum absolute atomic E-state index is 0.198. The Balaban J connectivity index is 0.000000168. The fourth-order valence-corrected chi connectivity index (χ4v) is 2.60. The van der Waals surface area contributed by atoms with Crippen LogP contribution < -0.4 is 4.74 Å². The summed E-state index contributed by atoms with van der Waals surface area (Å²) in [7, 11) is 2.19. The summed E-state index contributed by atoms with van der Waals surface area (Å²) in [6.07, 6.45) is 6.82. The number of aromatic nitrogens is 1. The number of hydrogen-bond donors (Lipinski definition) is 0. The van der Waals surface area contributed by atoms with Crippen molar-refractivity contribution in [2.45, 2.75) is 32.2 Å². The average Bonchev–Trinajstić information content (AvgIpc) is 3.03. The van der Waals surface area contributed by atoms with Crippen molar-refractivity contribution in [1.82, 2.24) is 9.88 Å². The number of para-hydroxylation sites is 1. The summed E-state index contributed by atoms with van der Waals surface area (Å²) in [5.41, 5.74) is 1.36. The topological polar surface area (TPSA) is 42.4 Å². The van der Waals surface area contributed by atoms with Gasteiger partial charge in [-0.3, -0.25) is 14.7 Å². The molecule has 0 radical (unpaired) electrons. The lowest BCUT2D eigenvalue weighted by molar-refractivity contribution is -0.134. The average molecular weight is 312 g/mol. The number of benzene rings is 1. The Morgan fingerprint density at radius 2 is 2.04 bits per heavy atom. The molecule has 1 fully saturated rings. The molecule has 122 valence electrons. The van der Waals surface area contributed by atoms with E-state index in [1.165, 1.54) is 24.9 Å². The zero-order valence-electron chi connectivity index (χ0n) is 13.8. The predicted octanol–water partition coefficient (Wildman–Crippen LogP) is 3.85. The van der Waals surface area contributed by atoms with Crippen molar-refractivity contribution in [1.29, 1.82) is 0 Å². The summed E-state index contributed by atoms with van der Waals surface area (Å²) in [4.78, 5) is 17.3. The fourth-order valence-electron chi connectivity index (χ4n) is 2.60. The zero-order chi connectivity index (χ0) is 16.5. The van der Waals surface area contributed by atoms with Gasteiger partial charge < -0.3 is 4.74 Å². The number of ether oxygens (including phenoxy) is 1. The minimum Gasteiger partial charge on any atom is -0.427 e. The highest BCUT2D eigenvalue weighted by molar-refractivity contribution is 5.71. The van der Waals surface area contributed by atoms with E-state index in [0.29, 0.717) is 18.2 Å². The van der Waals surface area contributed by atoms with Gasteiger partial charge in [0.15, 0.2) is 0 Å². The van der Waals surface area contributed by atoms with Gasteiger partial charge in [-0.2, -0.15) is 0 Å². The van der Waals surface area contributed by atoms with Crippen LogP contribution in [0.25, 0.3) is 0 Å². The van der Waals surface area contributed by atoms with Gasteiger partial charge in [0.2, 0.25) is 0 Å². The van der Waals surface area contributed by atoms with Gasteiger partial charge in [0.1, 0.15) is 5.75 Å². The SMILES string of the molecule is CCC(=O)Oc1ccccc1.CN1CCCC1c1cccnc1. The molecule has 2 heterocycles. The van der Waals surface area contributed by atoms with Crippen LogP contribution in [0, 0.1) is 0 Å². The molecule has 1 aliphatic rings. The van der Waals surface area contributed by atoms with E-state index < -0.39 is 0 Å². The Hall–Kier alpha value is -2.20. The quantitative estimate of drug-likeness (QED) is 0.638. The van der Waals surface area contributed by atoms with Gasteiger partial charge >= 0.3 is 5.97 Å². The molecule has 1 unspecified atom stereocenters. The molecule has 4 nitrogen and oxygen atoms in total. The molecule has 0 spiro atoms. The first-order chi connectivity index (χ1) is 11.2. The molecule has 2 aromatic rings. The zero-order valence-corrected chi connectivity index (χ0v) is 13.8. The summed E-state index contributed by atoms with van der Waals surface area (Å²) in [5, 5.41) is 0. The van der Waals surface area contributed by atoms with E-state index in [9.17, 15) is 4.79 Å². The first-order valence-electron chi connectivity index (χ1n) is 8.06. The summed E-state index contributed by atoms with van der Waals surface area (Å²) in [6, 6.07) is 13.8. The highest BCUT2D eigenvalue weighted by Crippen LogP contribution is 2.29. The molecule has 1 aromatic carbocycles. The molecular formula is C19H24N2O2. The second-order valence-electron chi connectivity index (χ2n) is 5.57. The van der Waals surface area contributed by atoms with Crippen LogP contribution in [0.5, 0.6) is 5.75 Å². The lowest BCUT2D eigenvalue weighted by Gasteiger charge is -2.18. The maximum absolute atomic E-state index is 10.8. The molecule has 1 aromatic heterocycles. The van der Waals surface area contributed by atoms with E-state index in [2.05, 4.69) is 23.0 Å². The Labute approximate surface area is 138 Å². The molecule has 1 atom stereocenters. The largest absolute Gasteiger partial charge is 0.427 e. The first-order valence-corrected chi connectivity index (χ1v) is 8.06. The molecule has 0 amide bonds. The second-order valence-corrected chi connectivity index (χ2v) is 5.57. The van der Waals surface area contributed by atoms with Crippen LogP contribution in [0.1, 0.15) is 37.8 Å². The molecular weight excluding hydrogens is 288 g/mol. The number of likely N-dealkylation sites (tertiary alicyclic amines) is 1. The Bertz CT molecular complexity index is 587. The smallest absolute Gasteiger partial charge is 0.310 e. The monoisotopic (exact) mass is 312 g/mol. The molecule has 3 rings (SSSR count). The van der Waals surface area contributed by atoms with Crippen molar-refractivity contribution in [2.75, 3.05) is 13.6 Å². The van der Waals surface area contributed by atoms with Gasteiger partial charge in [-0.1, -0.05) is 31.2 Å². The van der Waals surface area contributed by atoms with E-state index in [0.717, 1.165) is 0 Å². The third kappa shape index (κ3) is 5.49. The van der Waals surface area contributed by atoms with Gasteiger partial charge in [-0.15, -0.1) is 0 Å². The molecule has 0 bridgehead atoms. The van der Waals surface area contributed by atoms with Crippen molar-refractivity contribution in [3.05, 3.63) is 60.4 Å². The molecule has 1 saturated heterocycles. The molecule has 23 heavy (non-hydrogen) atoms. The minimum atomic E-state index is -0.198. The van der Waals surface area contributed by atoms with E-state index in [-0.39, 0.29) is 5.97 Å². The van der Waals surface area contributed by atoms with Crippen molar-refractivity contribution in [3.8, 4) is 5.75 Å². The number of rotatable bonds is 3. The highest BCUT2D eigenvalue weighted by Gasteiger charge is 2.21. The standard InChI is InChI=1S/C10H14N2.C9H10O2/c1-12-7-3-5-10(12)9-4-2-6-11-8-9;1-2-9(10)11-8-6-4-3-5-7-8/h2,4,6,8,10H,3,5,7H2,1H3;3-7H,2H2,1H3. The van der Waals surface area contributed by atoms with Crippen LogP contribution in [0.15, 0.2) is 54.9 Å². The normalized spacial score (nSPS) is 17.2. The summed E-state index contributed by atoms with van der Waals surface area (Å²) in [6.45, 7) is 2.99. The van der Waals surface area contributed by atoms with Gasteiger partial charge in [0, 0.05) is 24.9 Å². The van der Waals surface area contributed by atoms with Gasteiger partial charge in [0.05, 0.1) is 0 Å². The maximum Gasteiger partial charge on any atom is 0.310 e. The number of esters is 1. The van der Waals surface area contributed by atoms with Crippen LogP contribution in [0.2, 0.25) is 0 Å². The Morgan fingerprint density at radius 3 is 2.61 bits per heavy atom. The van der Waals surface area contributed by atoms with Crippen LogP contribution in [-0.2, 0) is 4.79 Å². The van der Waals surface area contributed by atoms with Crippen molar-refractivity contribution >= 4 is 5.97 Å². The molecule has 0 N–H and O–H groups in total. The third-order valence-corrected chi connectivity index (χ3v) is 3.85. The maximum atomic E-state index is 10.8. The summed E-state index contributed by atoms with van der Waals surface area (Å²) < 4.78 is 4.92. The molecule has 0 aliphatic carbocycles. The molecule has 1 aliphatic heterocycles. The number of carbonyl (C=O) groups excluding carboxylic acids is 1. The second kappa shape index (κ2) is 9.06. The van der Waals surface area contributed by atoms with E-state index in [1.807, 2.05) is 36.7 Å². The number of hydrogen-bond acceptors (Lipinski definition) is 4. The van der Waals surface area contributed by atoms with Crippen LogP contribution >= 0.6 is 0 Å². The first kappa shape index (κ1) is 17.2. The van der Waals surface area contributed by atoms with Crippen LogP contribution in [-0.4, -0.2) is 29.4 Å². The van der Waals surface area contributed by atoms with Crippen molar-refractivity contribution in [3.63, 3.8) is 0 Å². The Morgan fingerprint density at radius 1 is 1.26 bits per heavy atom. The predicted molar refractivity (Wildman–Crippen MR) is 91.2 cm³/mol. The van der Waals surface area contributed by atoms with E-state index >= 15 is 0 Å². The lowest BCUT2D eigenvalue weighted by Crippen LogP contribution is -2.17. The number of carbonyl (C=O) groups is 1. The Kier molecular flexibility index (Phi) is 6.76. The van der Waals surface area contributed by atoms with Crippen LogP contribution in [0.3, 0.4) is 0 Å². The van der Waals surface area contributed by atoms with Gasteiger partial charge in [0.25, 0.3) is 0 Å². The van der Waals surface area contributed by atoms with Gasteiger partial charge in [-0.05, 0) is 50.2 Å². The fraction of sp³-hybridized carbons (Fsp3) is 0.368.